The number of hydrogen-bond acceptors (Lipinski definition) is 8. The number of aliphatic hydroxyl groups excluding tert-OH is 5. The van der Waals surface area contributed by atoms with Crippen LogP contribution in [0, 0.1) is 0 Å². The molecule has 4 atom stereocenters. The van der Waals surface area contributed by atoms with Crippen molar-refractivity contribution in [1.82, 2.24) is 0 Å². The molecule has 0 amide bonds. The third kappa shape index (κ3) is 6.32. The van der Waals surface area contributed by atoms with Gasteiger partial charge in [-0.1, -0.05) is 30.3 Å². The minimum atomic E-state index is -1.86. The molecule has 4 unspecified atom stereocenters. The van der Waals surface area contributed by atoms with E-state index in [-0.39, 0.29) is 0 Å². The number of aliphatic hydroxyl groups is 6. The summed E-state index contributed by atoms with van der Waals surface area (Å²) < 4.78 is 0. The molecule has 0 spiro atoms. The highest BCUT2D eigenvalue weighted by Crippen LogP contribution is 2.19. The number of carboxylic acids is 1. The second-order valence-corrected chi connectivity index (χ2v) is 5.05. The molecule has 0 aliphatic heterocycles. The van der Waals surface area contributed by atoms with Gasteiger partial charge in [0, 0.05) is 0 Å². The van der Waals surface area contributed by atoms with Crippen molar-refractivity contribution < 1.29 is 45.3 Å². The molecule has 0 aliphatic carbocycles. The number of Topliss-reactive ketones (excluding diaryl/α,β-unsaturated/α-hetero) is 1. The van der Waals surface area contributed by atoms with Crippen molar-refractivity contribution in [1.29, 1.82) is 0 Å². The Kier molecular flexibility index (Phi) is 9.29. The smallest absolute Gasteiger partial charge is 0.340 e. The van der Waals surface area contributed by atoms with Crippen LogP contribution in [-0.4, -0.2) is 79.0 Å². The third-order valence-electron chi connectivity index (χ3n) is 3.14. The Balaban J connectivity index is 0.000000441. The maximum atomic E-state index is 10.6. The van der Waals surface area contributed by atoms with Crippen LogP contribution in [0.5, 0.6) is 0 Å². The molecular weight excluding hydrogens is 324 g/mol. The van der Waals surface area contributed by atoms with E-state index in [1.165, 1.54) is 6.92 Å². The lowest BCUT2D eigenvalue weighted by atomic mass is 9.97. The summed E-state index contributed by atoms with van der Waals surface area (Å²) in [6.45, 7) is -0.433. The quantitative estimate of drug-likeness (QED) is 0.284. The van der Waals surface area contributed by atoms with Crippen molar-refractivity contribution in [2.24, 2.45) is 0 Å². The van der Waals surface area contributed by atoms with Gasteiger partial charge in [0.2, 0.25) is 0 Å². The second kappa shape index (κ2) is 10.1. The first-order valence-electron chi connectivity index (χ1n) is 6.89. The van der Waals surface area contributed by atoms with Gasteiger partial charge in [-0.15, -0.1) is 0 Å². The van der Waals surface area contributed by atoms with Crippen LogP contribution in [0.25, 0.3) is 0 Å². The molecule has 1 aromatic carbocycles. The number of hydrogen-bond donors (Lipinski definition) is 7. The van der Waals surface area contributed by atoms with Crippen LogP contribution in [0.3, 0.4) is 0 Å². The van der Waals surface area contributed by atoms with Gasteiger partial charge in [0.25, 0.3) is 0 Å². The van der Waals surface area contributed by atoms with Gasteiger partial charge in [-0.05, 0) is 12.5 Å². The first-order chi connectivity index (χ1) is 11.1. The molecule has 0 bridgehead atoms. The fourth-order valence-corrected chi connectivity index (χ4v) is 1.49. The number of ketones is 1. The lowest BCUT2D eigenvalue weighted by molar-refractivity contribution is -0.157. The topological polar surface area (TPSA) is 176 Å². The van der Waals surface area contributed by atoms with E-state index >= 15 is 0 Å². The summed E-state index contributed by atoms with van der Waals surface area (Å²) in [6.07, 6.45) is -5.22. The van der Waals surface area contributed by atoms with E-state index in [4.69, 9.17) is 30.6 Å². The molecule has 136 valence electrons. The van der Waals surface area contributed by atoms with Crippen LogP contribution in [0.2, 0.25) is 0 Å². The van der Waals surface area contributed by atoms with Crippen LogP contribution < -0.4 is 0 Å². The van der Waals surface area contributed by atoms with Gasteiger partial charge in [0.1, 0.15) is 24.9 Å². The zero-order chi connectivity index (χ0) is 18.9. The first kappa shape index (κ1) is 22.1. The van der Waals surface area contributed by atoms with Gasteiger partial charge in [0.05, 0.1) is 6.61 Å². The van der Waals surface area contributed by atoms with Crippen LogP contribution in [0.15, 0.2) is 30.3 Å². The van der Waals surface area contributed by atoms with E-state index < -0.39 is 48.9 Å². The number of carbonyl (C=O) groups excluding carboxylic acids is 1. The predicted molar refractivity (Wildman–Crippen MR) is 80.8 cm³/mol. The summed E-state index contributed by atoms with van der Waals surface area (Å²) in [4.78, 5) is 21.1. The first-order valence-corrected chi connectivity index (χ1v) is 6.89. The summed E-state index contributed by atoms with van der Waals surface area (Å²) in [5, 5.41) is 61.2. The Morgan fingerprint density at radius 1 is 1.08 bits per heavy atom. The zero-order valence-corrected chi connectivity index (χ0v) is 13.0. The van der Waals surface area contributed by atoms with Crippen molar-refractivity contribution in [2.45, 2.75) is 30.8 Å². The molecule has 1 rings (SSSR count). The Morgan fingerprint density at radius 2 is 1.58 bits per heavy atom. The molecule has 0 saturated heterocycles. The van der Waals surface area contributed by atoms with Crippen LogP contribution in [-0.2, 0) is 15.2 Å². The molecule has 9 nitrogen and oxygen atoms in total. The Labute approximate surface area is 138 Å². The number of carboxylic acid groups (broad SMARTS) is 1. The summed E-state index contributed by atoms with van der Waals surface area (Å²) in [6, 6.07) is 8.29. The highest BCUT2D eigenvalue weighted by atomic mass is 16.4. The predicted octanol–water partition coefficient (Wildman–Crippen LogP) is -2.40. The average molecular weight is 346 g/mol. The molecule has 7 N–H and O–H groups in total. The Bertz CT molecular complexity index is 515. The standard InChI is InChI=1S/C9H10O3.C6H12O6/c1-9(12,8(10)11)7-5-3-2-4-6-7;7-1-3(9)5(11)6(12)4(10)2-8/h2-6,12H,1H3,(H,10,11);3,5-9,11-12H,1-2H2. The summed E-state index contributed by atoms with van der Waals surface area (Å²) in [5.41, 5.74) is -1.40. The van der Waals surface area contributed by atoms with E-state index in [1.54, 1.807) is 30.3 Å². The van der Waals surface area contributed by atoms with Crippen LogP contribution in [0.4, 0.5) is 0 Å². The van der Waals surface area contributed by atoms with Crippen molar-refractivity contribution >= 4 is 11.8 Å². The maximum Gasteiger partial charge on any atom is 0.340 e. The minimum Gasteiger partial charge on any atom is -0.479 e. The van der Waals surface area contributed by atoms with E-state index in [0.717, 1.165) is 0 Å². The maximum absolute atomic E-state index is 10.6. The molecule has 0 fully saturated rings. The lowest BCUT2D eigenvalue weighted by Gasteiger charge is -2.19. The summed E-state index contributed by atoms with van der Waals surface area (Å²) in [7, 11) is 0. The molecule has 1 aromatic rings. The molecule has 24 heavy (non-hydrogen) atoms. The molecule has 0 aromatic heterocycles. The van der Waals surface area contributed by atoms with Gasteiger partial charge in [-0.3, -0.25) is 4.79 Å². The van der Waals surface area contributed by atoms with E-state index in [9.17, 15) is 14.7 Å². The van der Waals surface area contributed by atoms with Crippen molar-refractivity contribution in [3.8, 4) is 0 Å². The van der Waals surface area contributed by atoms with Crippen molar-refractivity contribution in [3.63, 3.8) is 0 Å². The Hall–Kier alpha value is -1.88. The summed E-state index contributed by atoms with van der Waals surface area (Å²) in [5.74, 6) is -2.25. The average Bonchev–Trinajstić information content (AvgIpc) is 2.60. The monoisotopic (exact) mass is 346 g/mol. The van der Waals surface area contributed by atoms with E-state index in [2.05, 4.69) is 0 Å². The van der Waals surface area contributed by atoms with Gasteiger partial charge in [-0.25, -0.2) is 4.79 Å². The molecular formula is C15H22O9. The number of carbonyl (C=O) groups is 2. The lowest BCUT2D eigenvalue weighted by Crippen LogP contribution is -2.44. The van der Waals surface area contributed by atoms with E-state index in [1.807, 2.05) is 0 Å². The van der Waals surface area contributed by atoms with Gasteiger partial charge in [-0.2, -0.15) is 0 Å². The molecule has 9 heteroatoms. The third-order valence-corrected chi connectivity index (χ3v) is 3.14. The Morgan fingerprint density at radius 3 is 1.96 bits per heavy atom. The number of rotatable bonds is 7. The SMILES string of the molecule is CC(O)(C(=O)O)c1ccccc1.O=C(CO)C(O)C(O)C(O)CO. The second-order valence-electron chi connectivity index (χ2n) is 5.05. The molecule has 0 radical (unpaired) electrons. The molecule has 0 saturated carbocycles. The van der Waals surface area contributed by atoms with E-state index in [0.29, 0.717) is 5.56 Å². The number of aliphatic carboxylic acids is 1. The van der Waals surface area contributed by atoms with Gasteiger partial charge >= 0.3 is 5.97 Å². The summed E-state index contributed by atoms with van der Waals surface area (Å²) >= 11 is 0. The van der Waals surface area contributed by atoms with Crippen molar-refractivity contribution in [3.05, 3.63) is 35.9 Å². The van der Waals surface area contributed by atoms with Crippen LogP contribution in [0.1, 0.15) is 12.5 Å². The zero-order valence-electron chi connectivity index (χ0n) is 13.0. The minimum absolute atomic E-state index is 0.387. The van der Waals surface area contributed by atoms with Gasteiger partial charge in [0.15, 0.2) is 11.4 Å². The normalized spacial score (nSPS) is 16.8. The highest BCUT2D eigenvalue weighted by molar-refractivity contribution is 5.84. The van der Waals surface area contributed by atoms with Crippen molar-refractivity contribution in [2.75, 3.05) is 13.2 Å². The van der Waals surface area contributed by atoms with Gasteiger partial charge < -0.3 is 35.7 Å². The molecule has 0 aliphatic rings. The van der Waals surface area contributed by atoms with Crippen LogP contribution >= 0.6 is 0 Å². The number of benzene rings is 1. The fraction of sp³-hybridized carbons (Fsp3) is 0.467. The largest absolute Gasteiger partial charge is 0.479 e. The highest BCUT2D eigenvalue weighted by Gasteiger charge is 2.31. The fourth-order valence-electron chi connectivity index (χ4n) is 1.49. The molecule has 0 heterocycles.